The Balaban J connectivity index is 2.07. The van der Waals surface area contributed by atoms with Crippen molar-refractivity contribution < 1.29 is 33.3 Å². The number of methoxy groups -OCH3 is 3. The molecule has 9 heteroatoms. The third-order valence-electron chi connectivity index (χ3n) is 5.77. The SMILES string of the molecule is COCCCn1c(C)cc(C(=O)COC(=O)[C@@H](NC(=O)c2cc(OC)cc(OC)c2)C(C)C)c1C. The highest BCUT2D eigenvalue weighted by Gasteiger charge is 2.28. The first-order valence-electron chi connectivity index (χ1n) is 11.5. The number of aromatic nitrogens is 1. The van der Waals surface area contributed by atoms with Gasteiger partial charge in [-0.2, -0.15) is 0 Å². The fourth-order valence-corrected chi connectivity index (χ4v) is 3.76. The smallest absolute Gasteiger partial charge is 0.329 e. The third kappa shape index (κ3) is 7.32. The van der Waals surface area contributed by atoms with Gasteiger partial charge < -0.3 is 28.8 Å². The molecule has 0 bridgehead atoms. The molecule has 2 aromatic rings. The predicted molar refractivity (Wildman–Crippen MR) is 131 cm³/mol. The molecule has 1 atom stereocenters. The molecule has 0 aliphatic carbocycles. The topological polar surface area (TPSA) is 105 Å². The fraction of sp³-hybridized carbons (Fsp3) is 0.500. The number of carbonyl (C=O) groups excluding carboxylic acids is 3. The first-order valence-corrected chi connectivity index (χ1v) is 11.5. The van der Waals surface area contributed by atoms with Crippen molar-refractivity contribution in [1.82, 2.24) is 9.88 Å². The number of hydrogen-bond acceptors (Lipinski definition) is 7. The summed E-state index contributed by atoms with van der Waals surface area (Å²) >= 11 is 0. The normalized spacial score (nSPS) is 11.8. The van der Waals surface area contributed by atoms with Gasteiger partial charge in [-0.05, 0) is 44.4 Å². The Morgan fingerprint density at radius 2 is 1.60 bits per heavy atom. The Hall–Kier alpha value is -3.33. The monoisotopic (exact) mass is 488 g/mol. The maximum Gasteiger partial charge on any atom is 0.329 e. The lowest BCUT2D eigenvalue weighted by atomic mass is 10.0. The molecule has 1 N–H and O–H groups in total. The Morgan fingerprint density at radius 1 is 0.971 bits per heavy atom. The Labute approximate surface area is 206 Å². The number of aryl methyl sites for hydroxylation is 1. The van der Waals surface area contributed by atoms with Crippen molar-refractivity contribution >= 4 is 17.7 Å². The van der Waals surface area contributed by atoms with Gasteiger partial charge in [0.05, 0.1) is 14.2 Å². The van der Waals surface area contributed by atoms with Crippen LogP contribution in [0.5, 0.6) is 11.5 Å². The van der Waals surface area contributed by atoms with Gasteiger partial charge >= 0.3 is 5.97 Å². The molecular formula is C26H36N2O7. The number of ketones is 1. The molecule has 0 spiro atoms. The van der Waals surface area contributed by atoms with Gasteiger partial charge in [0.15, 0.2) is 6.61 Å². The van der Waals surface area contributed by atoms with Crippen LogP contribution in [0.4, 0.5) is 0 Å². The molecule has 192 valence electrons. The molecule has 0 saturated heterocycles. The van der Waals surface area contributed by atoms with Crippen LogP contribution in [0.25, 0.3) is 0 Å². The Morgan fingerprint density at radius 3 is 2.14 bits per heavy atom. The molecule has 1 heterocycles. The van der Waals surface area contributed by atoms with Crippen molar-refractivity contribution in [3.8, 4) is 11.5 Å². The van der Waals surface area contributed by atoms with Crippen LogP contribution in [0.3, 0.4) is 0 Å². The highest BCUT2D eigenvalue weighted by atomic mass is 16.5. The predicted octanol–water partition coefficient (Wildman–Crippen LogP) is 3.34. The van der Waals surface area contributed by atoms with E-state index in [1.165, 1.54) is 14.2 Å². The van der Waals surface area contributed by atoms with Gasteiger partial charge in [-0.1, -0.05) is 13.8 Å². The van der Waals surface area contributed by atoms with Crippen molar-refractivity contribution in [2.45, 2.75) is 46.7 Å². The highest BCUT2D eigenvalue weighted by Crippen LogP contribution is 2.23. The average molecular weight is 489 g/mol. The van der Waals surface area contributed by atoms with Gasteiger partial charge in [-0.25, -0.2) is 4.79 Å². The minimum Gasteiger partial charge on any atom is -0.497 e. The fourth-order valence-electron chi connectivity index (χ4n) is 3.76. The summed E-state index contributed by atoms with van der Waals surface area (Å²) in [6.07, 6.45) is 0.824. The van der Waals surface area contributed by atoms with E-state index in [0.717, 1.165) is 24.4 Å². The number of nitrogens with zero attached hydrogens (tertiary/aromatic N) is 1. The van der Waals surface area contributed by atoms with E-state index in [1.54, 1.807) is 45.2 Å². The molecule has 1 aromatic heterocycles. The van der Waals surface area contributed by atoms with Crippen molar-refractivity contribution in [2.24, 2.45) is 5.92 Å². The van der Waals surface area contributed by atoms with E-state index in [0.29, 0.717) is 23.7 Å². The number of amides is 1. The number of carbonyl (C=O) groups is 3. The first kappa shape index (κ1) is 27.9. The molecule has 0 aliphatic heterocycles. The lowest BCUT2D eigenvalue weighted by Gasteiger charge is -2.21. The first-order chi connectivity index (χ1) is 16.6. The average Bonchev–Trinajstić information content (AvgIpc) is 3.13. The van der Waals surface area contributed by atoms with Crippen LogP contribution < -0.4 is 14.8 Å². The van der Waals surface area contributed by atoms with Crippen molar-refractivity contribution in [3.63, 3.8) is 0 Å². The minimum absolute atomic E-state index is 0.264. The maximum absolute atomic E-state index is 12.8. The number of nitrogens with one attached hydrogen (secondary N) is 1. The highest BCUT2D eigenvalue weighted by molar-refractivity contribution is 6.00. The summed E-state index contributed by atoms with van der Waals surface area (Å²) in [4.78, 5) is 38.5. The largest absolute Gasteiger partial charge is 0.497 e. The quantitative estimate of drug-likeness (QED) is 0.262. The van der Waals surface area contributed by atoms with Crippen LogP contribution >= 0.6 is 0 Å². The summed E-state index contributed by atoms with van der Waals surface area (Å²) in [5.74, 6) is -0.822. The Kier molecular flexibility index (Phi) is 10.3. The van der Waals surface area contributed by atoms with Crippen molar-refractivity contribution in [3.05, 3.63) is 46.8 Å². The molecule has 35 heavy (non-hydrogen) atoms. The second-order valence-electron chi connectivity index (χ2n) is 8.61. The van der Waals surface area contributed by atoms with E-state index in [4.69, 9.17) is 18.9 Å². The minimum atomic E-state index is -0.936. The lowest BCUT2D eigenvalue weighted by Crippen LogP contribution is -2.45. The molecule has 2 rings (SSSR count). The number of rotatable bonds is 13. The molecule has 0 unspecified atom stereocenters. The maximum atomic E-state index is 12.8. The van der Waals surface area contributed by atoms with Gasteiger partial charge in [-0.3, -0.25) is 9.59 Å². The van der Waals surface area contributed by atoms with E-state index >= 15 is 0 Å². The van der Waals surface area contributed by atoms with Crippen molar-refractivity contribution in [2.75, 3.05) is 34.5 Å². The second kappa shape index (κ2) is 12.9. The molecule has 1 aromatic carbocycles. The van der Waals surface area contributed by atoms with E-state index in [2.05, 4.69) is 5.32 Å². The zero-order valence-corrected chi connectivity index (χ0v) is 21.6. The van der Waals surface area contributed by atoms with Crippen LogP contribution in [0.15, 0.2) is 24.3 Å². The molecule has 0 aliphatic rings. The zero-order valence-electron chi connectivity index (χ0n) is 21.6. The lowest BCUT2D eigenvalue weighted by molar-refractivity contribution is -0.145. The molecule has 0 saturated carbocycles. The number of Topliss-reactive ketones (excluding diaryl/α,β-unsaturated/α-hetero) is 1. The summed E-state index contributed by atoms with van der Waals surface area (Å²) < 4.78 is 22.9. The van der Waals surface area contributed by atoms with E-state index < -0.39 is 24.5 Å². The van der Waals surface area contributed by atoms with Gasteiger partial charge in [0, 0.05) is 48.8 Å². The van der Waals surface area contributed by atoms with Gasteiger partial charge in [0.2, 0.25) is 5.78 Å². The molecule has 1 amide bonds. The number of hydrogen-bond donors (Lipinski definition) is 1. The Bertz CT molecular complexity index is 1020. The van der Waals surface area contributed by atoms with Crippen molar-refractivity contribution in [1.29, 1.82) is 0 Å². The summed E-state index contributed by atoms with van der Waals surface area (Å²) in [5, 5.41) is 2.70. The van der Waals surface area contributed by atoms with Crippen LogP contribution in [-0.2, 0) is 20.8 Å². The van der Waals surface area contributed by atoms with Crippen LogP contribution in [-0.4, -0.2) is 62.8 Å². The van der Waals surface area contributed by atoms with E-state index in [1.807, 2.05) is 18.4 Å². The van der Waals surface area contributed by atoms with Crippen LogP contribution in [0.2, 0.25) is 0 Å². The number of benzene rings is 1. The number of esters is 1. The standard InChI is InChI=1S/C26H36N2O7/c1-16(2)24(27-25(30)19-12-20(33-6)14-21(13-19)34-7)26(31)35-15-23(29)22-11-17(3)28(18(22)4)9-8-10-32-5/h11-14,16,24H,8-10,15H2,1-7H3,(H,27,30)/t24-/m0/s1. The van der Waals surface area contributed by atoms with Crippen LogP contribution in [0, 0.1) is 19.8 Å². The number of ether oxygens (including phenoxy) is 4. The van der Waals surface area contributed by atoms with Crippen LogP contribution in [0.1, 0.15) is 52.4 Å². The summed E-state index contributed by atoms with van der Waals surface area (Å²) in [7, 11) is 4.62. The summed E-state index contributed by atoms with van der Waals surface area (Å²) in [5.41, 5.74) is 2.56. The molecule has 9 nitrogen and oxygen atoms in total. The molecule has 0 fully saturated rings. The zero-order chi connectivity index (χ0) is 26.1. The van der Waals surface area contributed by atoms with E-state index in [9.17, 15) is 14.4 Å². The van der Waals surface area contributed by atoms with Gasteiger partial charge in [0.25, 0.3) is 5.91 Å². The summed E-state index contributed by atoms with van der Waals surface area (Å²) in [6, 6.07) is 5.61. The molecular weight excluding hydrogens is 452 g/mol. The third-order valence-corrected chi connectivity index (χ3v) is 5.77. The van der Waals surface area contributed by atoms with Gasteiger partial charge in [-0.15, -0.1) is 0 Å². The second-order valence-corrected chi connectivity index (χ2v) is 8.61. The van der Waals surface area contributed by atoms with E-state index in [-0.39, 0.29) is 17.3 Å². The molecule has 0 radical (unpaired) electrons. The van der Waals surface area contributed by atoms with Gasteiger partial charge in [0.1, 0.15) is 17.5 Å². The summed E-state index contributed by atoms with van der Waals surface area (Å²) in [6.45, 7) is 8.32.